The number of likely N-dealkylation sites (tertiary alicyclic amines) is 2. The van der Waals surface area contributed by atoms with Crippen LogP contribution < -0.4 is 11.1 Å². The SMILES string of the molecule is CC(=O)N1C[C@@H]2CN(Cc3nc(N)nc(Nc4cccc(C)c4)n3)C[C@]2(CO)C1. The number of rotatable bonds is 5. The summed E-state index contributed by atoms with van der Waals surface area (Å²) >= 11 is 0. The van der Waals surface area contributed by atoms with Crippen LogP contribution in [0.2, 0.25) is 0 Å². The summed E-state index contributed by atoms with van der Waals surface area (Å²) in [4.78, 5) is 28.8. The van der Waals surface area contributed by atoms with E-state index < -0.39 is 0 Å². The summed E-state index contributed by atoms with van der Waals surface area (Å²) in [6, 6.07) is 7.94. The molecule has 2 aliphatic rings. The molecule has 0 bridgehead atoms. The van der Waals surface area contributed by atoms with Crippen molar-refractivity contribution in [3.8, 4) is 0 Å². The molecule has 4 rings (SSSR count). The van der Waals surface area contributed by atoms with Crippen LogP contribution in [0, 0.1) is 18.3 Å². The lowest BCUT2D eigenvalue weighted by molar-refractivity contribution is -0.128. The van der Waals surface area contributed by atoms with E-state index in [0.717, 1.165) is 17.8 Å². The Morgan fingerprint density at radius 2 is 2.14 bits per heavy atom. The van der Waals surface area contributed by atoms with Crippen LogP contribution in [0.3, 0.4) is 0 Å². The zero-order valence-corrected chi connectivity index (χ0v) is 16.8. The molecule has 0 radical (unpaired) electrons. The first-order valence-corrected chi connectivity index (χ1v) is 9.80. The number of carbonyl (C=O) groups excluding carboxylic acids is 1. The molecule has 2 fully saturated rings. The monoisotopic (exact) mass is 397 g/mol. The molecule has 154 valence electrons. The van der Waals surface area contributed by atoms with Crippen molar-refractivity contribution in [3.05, 3.63) is 35.7 Å². The Bertz CT molecular complexity index is 921. The van der Waals surface area contributed by atoms with E-state index in [2.05, 4.69) is 25.2 Å². The third-order valence-electron chi connectivity index (χ3n) is 5.93. The lowest BCUT2D eigenvalue weighted by Crippen LogP contribution is -2.38. The fraction of sp³-hybridized carbons (Fsp3) is 0.500. The van der Waals surface area contributed by atoms with Crippen molar-refractivity contribution < 1.29 is 9.90 Å². The predicted octanol–water partition coefficient (Wildman–Crippen LogP) is 0.778. The van der Waals surface area contributed by atoms with Gasteiger partial charge in [0.05, 0.1) is 13.2 Å². The first kappa shape index (κ1) is 19.5. The second kappa shape index (κ2) is 7.57. The van der Waals surface area contributed by atoms with Crippen LogP contribution in [0.5, 0.6) is 0 Å². The second-order valence-corrected chi connectivity index (χ2v) is 8.21. The van der Waals surface area contributed by atoms with E-state index in [1.54, 1.807) is 6.92 Å². The number of nitrogens with one attached hydrogen (secondary N) is 1. The summed E-state index contributed by atoms with van der Waals surface area (Å²) in [5.41, 5.74) is 7.66. The molecular formula is C20H27N7O2. The third kappa shape index (κ3) is 4.01. The normalized spacial score (nSPS) is 24.0. The average Bonchev–Trinajstić information content (AvgIpc) is 3.15. The van der Waals surface area contributed by atoms with Crippen molar-refractivity contribution in [2.75, 3.05) is 43.8 Å². The number of aryl methyl sites for hydroxylation is 1. The number of nitrogens with two attached hydrogens (primary N) is 1. The van der Waals surface area contributed by atoms with Crippen LogP contribution in [0.4, 0.5) is 17.6 Å². The van der Waals surface area contributed by atoms with Crippen LogP contribution in [0.15, 0.2) is 24.3 Å². The van der Waals surface area contributed by atoms with Gasteiger partial charge in [0.1, 0.15) is 5.82 Å². The fourth-order valence-corrected chi connectivity index (χ4v) is 4.49. The van der Waals surface area contributed by atoms with Crippen molar-refractivity contribution in [2.45, 2.75) is 20.4 Å². The van der Waals surface area contributed by atoms with Gasteiger partial charge in [-0.05, 0) is 30.5 Å². The number of aromatic nitrogens is 3. The largest absolute Gasteiger partial charge is 0.396 e. The molecule has 2 aliphatic heterocycles. The number of carbonyl (C=O) groups is 1. The molecule has 0 aliphatic carbocycles. The highest BCUT2D eigenvalue weighted by Gasteiger charge is 2.52. The van der Waals surface area contributed by atoms with Crippen LogP contribution in [-0.4, -0.2) is 68.6 Å². The Labute approximate surface area is 170 Å². The van der Waals surface area contributed by atoms with Gasteiger partial charge in [-0.1, -0.05) is 12.1 Å². The molecule has 0 spiro atoms. The van der Waals surface area contributed by atoms with Crippen LogP contribution in [0.1, 0.15) is 18.3 Å². The summed E-state index contributed by atoms with van der Waals surface area (Å²) < 4.78 is 0. The van der Waals surface area contributed by atoms with Crippen LogP contribution in [-0.2, 0) is 11.3 Å². The van der Waals surface area contributed by atoms with Crippen molar-refractivity contribution in [3.63, 3.8) is 0 Å². The first-order chi connectivity index (χ1) is 13.9. The minimum absolute atomic E-state index is 0.0656. The molecule has 0 saturated carbocycles. The Morgan fingerprint density at radius 1 is 1.31 bits per heavy atom. The maximum absolute atomic E-state index is 11.7. The number of nitrogens with zero attached hydrogens (tertiary/aromatic N) is 5. The van der Waals surface area contributed by atoms with E-state index in [0.29, 0.717) is 38.0 Å². The lowest BCUT2D eigenvalue weighted by atomic mass is 9.82. The molecular weight excluding hydrogens is 370 g/mol. The van der Waals surface area contributed by atoms with Crippen molar-refractivity contribution in [2.24, 2.45) is 11.3 Å². The number of aliphatic hydroxyl groups is 1. The Balaban J connectivity index is 1.47. The third-order valence-corrected chi connectivity index (χ3v) is 5.93. The van der Waals surface area contributed by atoms with Crippen LogP contribution in [0.25, 0.3) is 0 Å². The van der Waals surface area contributed by atoms with Gasteiger partial charge in [-0.3, -0.25) is 9.69 Å². The van der Waals surface area contributed by atoms with E-state index in [-0.39, 0.29) is 29.8 Å². The quantitative estimate of drug-likeness (QED) is 0.677. The van der Waals surface area contributed by atoms with Gasteiger partial charge < -0.3 is 21.1 Å². The number of nitrogen functional groups attached to an aromatic ring is 1. The maximum atomic E-state index is 11.7. The number of anilines is 3. The number of amides is 1. The van der Waals surface area contributed by atoms with Gasteiger partial charge in [0.25, 0.3) is 0 Å². The molecule has 29 heavy (non-hydrogen) atoms. The van der Waals surface area contributed by atoms with Crippen molar-refractivity contribution in [1.82, 2.24) is 24.8 Å². The molecule has 0 unspecified atom stereocenters. The summed E-state index contributed by atoms with van der Waals surface area (Å²) in [5, 5.41) is 13.2. The lowest BCUT2D eigenvalue weighted by Gasteiger charge is -2.26. The van der Waals surface area contributed by atoms with E-state index in [1.807, 2.05) is 36.1 Å². The molecule has 3 heterocycles. The van der Waals surface area contributed by atoms with Gasteiger partial charge in [0, 0.05) is 44.2 Å². The number of benzene rings is 1. The molecule has 2 aromatic rings. The summed E-state index contributed by atoms with van der Waals surface area (Å²) in [6.45, 7) is 6.96. The minimum atomic E-state index is -0.271. The molecule has 2 atom stereocenters. The van der Waals surface area contributed by atoms with Gasteiger partial charge in [0.15, 0.2) is 0 Å². The summed E-state index contributed by atoms with van der Waals surface area (Å²) in [6.07, 6.45) is 0. The minimum Gasteiger partial charge on any atom is -0.396 e. The zero-order valence-electron chi connectivity index (χ0n) is 16.8. The number of aliphatic hydroxyl groups excluding tert-OH is 1. The highest BCUT2D eigenvalue weighted by atomic mass is 16.3. The van der Waals surface area contributed by atoms with E-state index >= 15 is 0 Å². The maximum Gasteiger partial charge on any atom is 0.232 e. The highest BCUT2D eigenvalue weighted by Crippen LogP contribution is 2.42. The molecule has 1 aromatic heterocycles. The highest BCUT2D eigenvalue weighted by molar-refractivity contribution is 5.73. The summed E-state index contributed by atoms with van der Waals surface area (Å²) in [7, 11) is 0. The molecule has 1 aromatic carbocycles. The van der Waals surface area contributed by atoms with Gasteiger partial charge in [-0.25, -0.2) is 0 Å². The molecule has 2 saturated heterocycles. The van der Waals surface area contributed by atoms with Gasteiger partial charge in [-0.15, -0.1) is 0 Å². The number of hydrogen-bond acceptors (Lipinski definition) is 8. The Kier molecular flexibility index (Phi) is 5.10. The molecule has 9 heteroatoms. The standard InChI is InChI=1S/C20H27N7O2/c1-13-4-3-5-16(6-13)22-19-24-17(23-18(21)25-19)9-26-7-15-8-27(14(2)29)11-20(15,10-26)12-28/h3-6,15,28H,7-12H2,1-2H3,(H3,21,22,23,24,25)/t15-,20+/m0/s1. The zero-order chi connectivity index (χ0) is 20.6. The second-order valence-electron chi connectivity index (χ2n) is 8.21. The smallest absolute Gasteiger partial charge is 0.232 e. The van der Waals surface area contributed by atoms with Crippen LogP contribution >= 0.6 is 0 Å². The Morgan fingerprint density at radius 3 is 2.83 bits per heavy atom. The Hall–Kier alpha value is -2.78. The number of fused-ring (bicyclic) bond motifs is 1. The van der Waals surface area contributed by atoms with E-state index in [1.165, 1.54) is 0 Å². The fourth-order valence-electron chi connectivity index (χ4n) is 4.49. The number of hydrogen-bond donors (Lipinski definition) is 3. The summed E-state index contributed by atoms with van der Waals surface area (Å²) in [5.74, 6) is 1.49. The van der Waals surface area contributed by atoms with Gasteiger partial charge in [0.2, 0.25) is 17.8 Å². The first-order valence-electron chi connectivity index (χ1n) is 9.80. The van der Waals surface area contributed by atoms with Crippen molar-refractivity contribution >= 4 is 23.5 Å². The molecule has 9 nitrogen and oxygen atoms in total. The van der Waals surface area contributed by atoms with E-state index in [4.69, 9.17) is 5.73 Å². The molecule has 1 amide bonds. The van der Waals surface area contributed by atoms with Crippen molar-refractivity contribution in [1.29, 1.82) is 0 Å². The average molecular weight is 397 g/mol. The molecule has 4 N–H and O–H groups in total. The van der Waals surface area contributed by atoms with Gasteiger partial charge in [-0.2, -0.15) is 15.0 Å². The topological polar surface area (TPSA) is 121 Å². The predicted molar refractivity (Wildman–Crippen MR) is 109 cm³/mol. The van der Waals surface area contributed by atoms with E-state index in [9.17, 15) is 9.90 Å². The van der Waals surface area contributed by atoms with Gasteiger partial charge >= 0.3 is 0 Å².